The smallest absolute Gasteiger partial charge is 0.261 e. The molecule has 1 fully saturated rings. The third-order valence-corrected chi connectivity index (χ3v) is 6.37. The highest BCUT2D eigenvalue weighted by Gasteiger charge is 2.21. The number of nitrogens with one attached hydrogen (secondary N) is 1. The summed E-state index contributed by atoms with van der Waals surface area (Å²) in [5.41, 5.74) is 6.78. The molecule has 0 aliphatic carbocycles. The molecular weight excluding hydrogens is 374 g/mol. The molecule has 0 atom stereocenters. The molecule has 4 rings (SSSR count). The van der Waals surface area contributed by atoms with Crippen LogP contribution in [0, 0.1) is 0 Å². The Balaban J connectivity index is 1.74. The lowest BCUT2D eigenvalue weighted by Gasteiger charge is -2.22. The monoisotopic (exact) mass is 395 g/mol. The van der Waals surface area contributed by atoms with Gasteiger partial charge >= 0.3 is 0 Å². The molecule has 1 aliphatic rings. The zero-order valence-electron chi connectivity index (χ0n) is 15.3. The van der Waals surface area contributed by atoms with E-state index in [0.717, 1.165) is 42.4 Å². The average molecular weight is 395 g/mol. The second-order valence-corrected chi connectivity index (χ2v) is 8.59. The predicted octanol–water partition coefficient (Wildman–Crippen LogP) is 3.34. The van der Waals surface area contributed by atoms with Crippen LogP contribution >= 0.6 is 0 Å². The highest BCUT2D eigenvalue weighted by atomic mass is 32.2. The van der Waals surface area contributed by atoms with Crippen LogP contribution < -0.4 is 15.4 Å². The van der Waals surface area contributed by atoms with Gasteiger partial charge in [-0.1, -0.05) is 30.3 Å². The summed E-state index contributed by atoms with van der Waals surface area (Å²) in [5.74, 6) is -0.598. The van der Waals surface area contributed by atoms with Gasteiger partial charge in [0.05, 0.1) is 16.3 Å². The largest absolute Gasteiger partial charge is 0.370 e. The summed E-state index contributed by atoms with van der Waals surface area (Å²) in [6.45, 7) is 1.70. The van der Waals surface area contributed by atoms with Crippen LogP contribution in [0.1, 0.15) is 23.2 Å². The molecule has 7 heteroatoms. The first-order valence-corrected chi connectivity index (χ1v) is 10.6. The summed E-state index contributed by atoms with van der Waals surface area (Å²) in [6.07, 6.45) is 2.10. The Hall–Kier alpha value is -3.06. The number of fused-ring (bicyclic) bond motifs is 1. The van der Waals surface area contributed by atoms with Gasteiger partial charge in [0.15, 0.2) is 0 Å². The normalized spacial score (nSPS) is 14.4. The number of anilines is 2. The van der Waals surface area contributed by atoms with E-state index in [1.54, 1.807) is 30.3 Å². The zero-order chi connectivity index (χ0) is 19.7. The molecule has 6 nitrogen and oxygen atoms in total. The van der Waals surface area contributed by atoms with Crippen LogP contribution in [0.25, 0.3) is 10.8 Å². The van der Waals surface area contributed by atoms with Crippen molar-refractivity contribution in [1.29, 1.82) is 0 Å². The number of carbonyl (C=O) groups is 1. The molecule has 144 valence electrons. The van der Waals surface area contributed by atoms with E-state index in [1.165, 1.54) is 6.07 Å². The number of primary amides is 1. The molecule has 28 heavy (non-hydrogen) atoms. The summed E-state index contributed by atoms with van der Waals surface area (Å²) in [6, 6.07) is 17.5. The number of benzene rings is 3. The van der Waals surface area contributed by atoms with Gasteiger partial charge in [-0.15, -0.1) is 0 Å². The van der Waals surface area contributed by atoms with Gasteiger partial charge in [0.1, 0.15) is 0 Å². The van der Waals surface area contributed by atoms with E-state index in [0.29, 0.717) is 5.69 Å². The van der Waals surface area contributed by atoms with Crippen LogP contribution in [0.3, 0.4) is 0 Å². The highest BCUT2D eigenvalue weighted by Crippen LogP contribution is 2.32. The minimum Gasteiger partial charge on any atom is -0.370 e. The second-order valence-electron chi connectivity index (χ2n) is 6.90. The van der Waals surface area contributed by atoms with Crippen molar-refractivity contribution in [3.8, 4) is 0 Å². The van der Waals surface area contributed by atoms with Crippen molar-refractivity contribution in [2.75, 3.05) is 22.7 Å². The van der Waals surface area contributed by atoms with Crippen molar-refractivity contribution in [3.63, 3.8) is 0 Å². The fourth-order valence-electron chi connectivity index (χ4n) is 3.54. The highest BCUT2D eigenvalue weighted by molar-refractivity contribution is 7.92. The molecule has 0 bridgehead atoms. The molecule has 1 heterocycles. The van der Waals surface area contributed by atoms with E-state index < -0.39 is 15.9 Å². The fraction of sp³-hybridized carbons (Fsp3) is 0.190. The maximum atomic E-state index is 13.0. The van der Waals surface area contributed by atoms with Gasteiger partial charge in [-0.3, -0.25) is 9.52 Å². The van der Waals surface area contributed by atoms with Crippen molar-refractivity contribution >= 4 is 38.1 Å². The number of nitrogens with zero attached hydrogens (tertiary/aromatic N) is 1. The molecule has 1 saturated heterocycles. The van der Waals surface area contributed by atoms with Crippen LogP contribution in [-0.2, 0) is 10.0 Å². The molecule has 0 saturated carbocycles. The molecule has 0 spiro atoms. The zero-order valence-corrected chi connectivity index (χ0v) is 16.1. The number of rotatable bonds is 5. The van der Waals surface area contributed by atoms with Crippen molar-refractivity contribution in [1.82, 2.24) is 0 Å². The molecule has 3 N–H and O–H groups in total. The van der Waals surface area contributed by atoms with E-state index in [9.17, 15) is 13.2 Å². The van der Waals surface area contributed by atoms with Crippen LogP contribution in [0.15, 0.2) is 65.6 Å². The number of hydrogen-bond donors (Lipinski definition) is 2. The third-order valence-electron chi connectivity index (χ3n) is 5.00. The molecular formula is C21H21N3O3S. The minimum absolute atomic E-state index is 0.169. The summed E-state index contributed by atoms with van der Waals surface area (Å²) < 4.78 is 28.8. The number of carbonyl (C=O) groups excluding carboxylic acids is 1. The van der Waals surface area contributed by atoms with E-state index in [-0.39, 0.29) is 10.5 Å². The van der Waals surface area contributed by atoms with Gasteiger partial charge in [-0.2, -0.15) is 0 Å². The first kappa shape index (κ1) is 18.3. The van der Waals surface area contributed by atoms with E-state index in [2.05, 4.69) is 9.62 Å². The lowest BCUT2D eigenvalue weighted by Crippen LogP contribution is -2.22. The molecule has 0 aromatic heterocycles. The van der Waals surface area contributed by atoms with Crippen LogP contribution in [0.5, 0.6) is 0 Å². The Labute approximate surface area is 164 Å². The molecule has 3 aromatic carbocycles. The van der Waals surface area contributed by atoms with Crippen LogP contribution in [-0.4, -0.2) is 27.4 Å². The summed E-state index contributed by atoms with van der Waals surface area (Å²) >= 11 is 0. The summed E-state index contributed by atoms with van der Waals surface area (Å²) in [4.78, 5) is 13.9. The molecule has 0 radical (unpaired) electrons. The lowest BCUT2D eigenvalue weighted by atomic mass is 10.1. The number of nitrogens with two attached hydrogens (primary N) is 1. The topological polar surface area (TPSA) is 92.5 Å². The Morgan fingerprint density at radius 3 is 2.36 bits per heavy atom. The molecule has 1 amide bonds. The third kappa shape index (κ3) is 3.53. The Morgan fingerprint density at radius 1 is 0.929 bits per heavy atom. The standard InChI is InChI=1S/C21H21N3O3S/c22-21(25)17-8-10-20(24-11-3-4-12-24)19(14-17)23-28(26,27)18-9-7-15-5-1-2-6-16(15)13-18/h1-2,5-10,13-14,23H,3-4,11-12H2,(H2,22,25). The fourth-order valence-corrected chi connectivity index (χ4v) is 4.64. The molecule has 0 unspecified atom stereocenters. The maximum absolute atomic E-state index is 13.0. The van der Waals surface area contributed by atoms with E-state index >= 15 is 0 Å². The van der Waals surface area contributed by atoms with Crippen molar-refractivity contribution in [2.24, 2.45) is 5.73 Å². The van der Waals surface area contributed by atoms with Gasteiger partial charge in [0.25, 0.3) is 10.0 Å². The number of amides is 1. The first-order chi connectivity index (χ1) is 13.4. The van der Waals surface area contributed by atoms with Crippen LogP contribution in [0.4, 0.5) is 11.4 Å². The molecule has 1 aliphatic heterocycles. The lowest BCUT2D eigenvalue weighted by molar-refractivity contribution is 0.100. The van der Waals surface area contributed by atoms with Gasteiger partial charge in [-0.25, -0.2) is 8.42 Å². The number of hydrogen-bond acceptors (Lipinski definition) is 4. The Bertz CT molecular complexity index is 1150. The molecule has 3 aromatic rings. The van der Waals surface area contributed by atoms with E-state index in [1.807, 2.05) is 24.3 Å². The maximum Gasteiger partial charge on any atom is 0.261 e. The van der Waals surface area contributed by atoms with Gasteiger partial charge in [0.2, 0.25) is 5.91 Å². The van der Waals surface area contributed by atoms with Crippen molar-refractivity contribution in [3.05, 3.63) is 66.2 Å². The van der Waals surface area contributed by atoms with Crippen molar-refractivity contribution < 1.29 is 13.2 Å². The Morgan fingerprint density at radius 2 is 1.64 bits per heavy atom. The quantitative estimate of drug-likeness (QED) is 0.693. The second kappa shape index (κ2) is 7.16. The van der Waals surface area contributed by atoms with Gasteiger partial charge < -0.3 is 10.6 Å². The van der Waals surface area contributed by atoms with Gasteiger partial charge in [0, 0.05) is 18.7 Å². The Kier molecular flexibility index (Phi) is 4.68. The summed E-state index contributed by atoms with van der Waals surface area (Å²) in [5, 5.41) is 1.81. The minimum atomic E-state index is -3.83. The SMILES string of the molecule is NC(=O)c1ccc(N2CCCC2)c(NS(=O)(=O)c2ccc3ccccc3c2)c1. The van der Waals surface area contributed by atoms with Crippen LogP contribution in [0.2, 0.25) is 0 Å². The first-order valence-electron chi connectivity index (χ1n) is 9.14. The number of sulfonamides is 1. The summed E-state index contributed by atoms with van der Waals surface area (Å²) in [7, 11) is -3.83. The van der Waals surface area contributed by atoms with E-state index in [4.69, 9.17) is 5.73 Å². The van der Waals surface area contributed by atoms with Crippen molar-refractivity contribution in [2.45, 2.75) is 17.7 Å². The average Bonchev–Trinajstić information content (AvgIpc) is 3.21. The van der Waals surface area contributed by atoms with Gasteiger partial charge in [-0.05, 0) is 53.9 Å². The predicted molar refractivity (Wildman–Crippen MR) is 111 cm³/mol.